The van der Waals surface area contributed by atoms with Gasteiger partial charge in [-0.15, -0.1) is 0 Å². The zero-order valence-corrected chi connectivity index (χ0v) is 11.0. The van der Waals surface area contributed by atoms with Crippen molar-refractivity contribution in [3.63, 3.8) is 0 Å². The molecule has 21 heavy (non-hydrogen) atoms. The van der Waals surface area contributed by atoms with Crippen LogP contribution in [0.5, 0.6) is 0 Å². The van der Waals surface area contributed by atoms with Crippen LogP contribution in [0.1, 0.15) is 21.6 Å². The van der Waals surface area contributed by atoms with Crippen LogP contribution in [0.3, 0.4) is 0 Å². The number of anilines is 1. The van der Waals surface area contributed by atoms with Crippen molar-refractivity contribution >= 4 is 11.6 Å². The second-order valence-corrected chi connectivity index (χ2v) is 4.00. The number of carbonyl (C=O) groups is 1. The van der Waals surface area contributed by atoms with Gasteiger partial charge < -0.3 is 10.4 Å². The fourth-order valence-electron chi connectivity index (χ4n) is 1.62. The summed E-state index contributed by atoms with van der Waals surface area (Å²) in [4.78, 5) is 16.0. The molecule has 5 heteroatoms. The highest BCUT2D eigenvalue weighted by molar-refractivity contribution is 6.03. The molecule has 1 aromatic carbocycles. The third-order valence-corrected chi connectivity index (χ3v) is 2.60. The maximum Gasteiger partial charge on any atom is 0.274 e. The lowest BCUT2D eigenvalue weighted by Crippen LogP contribution is -2.14. The fourth-order valence-corrected chi connectivity index (χ4v) is 1.62. The van der Waals surface area contributed by atoms with Gasteiger partial charge in [-0.25, -0.2) is 4.98 Å². The van der Waals surface area contributed by atoms with Gasteiger partial charge in [-0.3, -0.25) is 4.79 Å². The average Bonchev–Trinajstić information content (AvgIpc) is 2.54. The molecule has 0 aliphatic carbocycles. The van der Waals surface area contributed by atoms with Gasteiger partial charge in [0.05, 0.1) is 11.3 Å². The van der Waals surface area contributed by atoms with E-state index in [9.17, 15) is 4.79 Å². The first-order valence-corrected chi connectivity index (χ1v) is 6.11. The number of nitrogens with zero attached hydrogens (tertiary/aromatic N) is 2. The fraction of sp³-hybridized carbons (Fsp3) is 0.0625. The molecule has 0 aliphatic rings. The molecule has 0 unspecified atom stereocenters. The molecular formula is C16H11N3O2. The molecule has 2 rings (SSSR count). The van der Waals surface area contributed by atoms with Gasteiger partial charge in [0.15, 0.2) is 0 Å². The van der Waals surface area contributed by atoms with Crippen molar-refractivity contribution in [2.45, 2.75) is 0 Å². The summed E-state index contributed by atoms with van der Waals surface area (Å²) in [6.45, 7) is -0.251. The Balaban J connectivity index is 2.21. The molecule has 0 bridgehead atoms. The lowest BCUT2D eigenvalue weighted by Gasteiger charge is -2.06. The van der Waals surface area contributed by atoms with Gasteiger partial charge in [0, 0.05) is 11.8 Å². The lowest BCUT2D eigenvalue weighted by molar-refractivity contribution is 0.102. The molecular weight excluding hydrogens is 266 g/mol. The quantitative estimate of drug-likeness (QED) is 0.815. The van der Waals surface area contributed by atoms with Crippen LogP contribution in [0.15, 0.2) is 42.6 Å². The van der Waals surface area contributed by atoms with E-state index in [2.05, 4.69) is 22.1 Å². The number of aliphatic hydroxyl groups is 1. The van der Waals surface area contributed by atoms with E-state index in [1.54, 1.807) is 24.3 Å². The first kappa shape index (κ1) is 14.3. The highest BCUT2D eigenvalue weighted by Crippen LogP contribution is 2.14. The van der Waals surface area contributed by atoms with Crippen molar-refractivity contribution in [2.75, 3.05) is 11.9 Å². The molecule has 0 fully saturated rings. The van der Waals surface area contributed by atoms with Crippen molar-refractivity contribution in [1.82, 2.24) is 4.98 Å². The number of rotatable bonds is 2. The van der Waals surface area contributed by atoms with E-state index in [4.69, 9.17) is 10.4 Å². The minimum Gasteiger partial charge on any atom is -0.384 e. The van der Waals surface area contributed by atoms with Gasteiger partial charge in [-0.05, 0) is 24.3 Å². The number of amides is 1. The van der Waals surface area contributed by atoms with E-state index in [-0.39, 0.29) is 12.3 Å². The van der Waals surface area contributed by atoms with Crippen LogP contribution in [0.25, 0.3) is 0 Å². The molecule has 1 amide bonds. The number of aliphatic hydroxyl groups excluding tert-OH is 1. The Hall–Kier alpha value is -3.15. The van der Waals surface area contributed by atoms with E-state index in [0.29, 0.717) is 16.8 Å². The maximum absolute atomic E-state index is 12.1. The Bertz CT molecular complexity index is 750. The van der Waals surface area contributed by atoms with Crippen LogP contribution in [-0.4, -0.2) is 22.6 Å². The predicted molar refractivity (Wildman–Crippen MR) is 77.3 cm³/mol. The normalized spacial score (nSPS) is 9.14. The first-order chi connectivity index (χ1) is 10.2. The Morgan fingerprint density at radius 2 is 2.10 bits per heavy atom. The number of hydrogen-bond donors (Lipinski definition) is 2. The van der Waals surface area contributed by atoms with E-state index >= 15 is 0 Å². The summed E-state index contributed by atoms with van der Waals surface area (Å²) in [5, 5.41) is 20.1. The van der Waals surface area contributed by atoms with Gasteiger partial charge >= 0.3 is 0 Å². The van der Waals surface area contributed by atoms with Gasteiger partial charge in [0.2, 0.25) is 0 Å². The molecule has 0 saturated heterocycles. The monoisotopic (exact) mass is 277 g/mol. The van der Waals surface area contributed by atoms with Gasteiger partial charge in [-0.1, -0.05) is 24.0 Å². The average molecular weight is 277 g/mol. The molecule has 0 saturated carbocycles. The van der Waals surface area contributed by atoms with E-state index in [1.807, 2.05) is 6.07 Å². The summed E-state index contributed by atoms with van der Waals surface area (Å²) in [5.41, 5.74) is 1.74. The number of nitrogens with one attached hydrogen (secondary N) is 1. The Morgan fingerprint density at radius 3 is 2.76 bits per heavy atom. The summed E-state index contributed by atoms with van der Waals surface area (Å²) < 4.78 is 0. The second kappa shape index (κ2) is 6.85. The topological polar surface area (TPSA) is 86.0 Å². The minimum atomic E-state index is -0.391. The summed E-state index contributed by atoms with van der Waals surface area (Å²) in [6.07, 6.45) is 1.34. The van der Waals surface area contributed by atoms with Gasteiger partial charge in [0.1, 0.15) is 18.4 Å². The summed E-state index contributed by atoms with van der Waals surface area (Å²) in [5.74, 6) is 4.90. The van der Waals surface area contributed by atoms with Crippen molar-refractivity contribution in [3.8, 4) is 17.9 Å². The van der Waals surface area contributed by atoms with Crippen molar-refractivity contribution < 1.29 is 9.90 Å². The molecule has 1 aromatic heterocycles. The summed E-state index contributed by atoms with van der Waals surface area (Å²) >= 11 is 0. The Kier molecular flexibility index (Phi) is 4.66. The third kappa shape index (κ3) is 3.66. The standard InChI is InChI=1S/C16H11N3O2/c17-10-12-7-8-15(18-11-12)16(21)19-14-6-2-1-4-13(14)5-3-9-20/h1-2,4,6-8,11,20H,9H2,(H,19,21). The molecule has 2 N–H and O–H groups in total. The number of pyridine rings is 1. The Labute approximate surface area is 121 Å². The van der Waals surface area contributed by atoms with Crippen LogP contribution in [-0.2, 0) is 0 Å². The summed E-state index contributed by atoms with van der Waals surface area (Å²) in [6, 6.07) is 12.0. The van der Waals surface area contributed by atoms with Gasteiger partial charge in [-0.2, -0.15) is 5.26 Å². The van der Waals surface area contributed by atoms with Crippen LogP contribution < -0.4 is 5.32 Å². The highest BCUT2D eigenvalue weighted by Gasteiger charge is 2.09. The van der Waals surface area contributed by atoms with E-state index in [0.717, 1.165) is 0 Å². The molecule has 0 radical (unpaired) electrons. The Morgan fingerprint density at radius 1 is 1.29 bits per heavy atom. The van der Waals surface area contributed by atoms with Crippen LogP contribution in [0.4, 0.5) is 5.69 Å². The molecule has 2 aromatic rings. The second-order valence-electron chi connectivity index (χ2n) is 4.00. The van der Waals surface area contributed by atoms with Crippen molar-refractivity contribution in [1.29, 1.82) is 5.26 Å². The van der Waals surface area contributed by atoms with Crippen LogP contribution >= 0.6 is 0 Å². The number of hydrogen-bond acceptors (Lipinski definition) is 4. The third-order valence-electron chi connectivity index (χ3n) is 2.60. The number of nitriles is 1. The van der Waals surface area contributed by atoms with Crippen molar-refractivity contribution in [2.24, 2.45) is 0 Å². The highest BCUT2D eigenvalue weighted by atomic mass is 16.2. The first-order valence-electron chi connectivity index (χ1n) is 6.11. The number of aromatic nitrogens is 1. The van der Waals surface area contributed by atoms with Crippen LogP contribution in [0.2, 0.25) is 0 Å². The largest absolute Gasteiger partial charge is 0.384 e. The SMILES string of the molecule is N#Cc1ccc(C(=O)Nc2ccccc2C#CCO)nc1. The number of para-hydroxylation sites is 1. The molecule has 0 atom stereocenters. The zero-order chi connectivity index (χ0) is 15.1. The molecule has 0 spiro atoms. The lowest BCUT2D eigenvalue weighted by atomic mass is 10.1. The minimum absolute atomic E-state index is 0.207. The number of benzene rings is 1. The molecule has 102 valence electrons. The number of carbonyl (C=O) groups excluding carboxylic acids is 1. The molecule has 5 nitrogen and oxygen atoms in total. The smallest absolute Gasteiger partial charge is 0.274 e. The zero-order valence-electron chi connectivity index (χ0n) is 11.0. The van der Waals surface area contributed by atoms with E-state index in [1.165, 1.54) is 18.3 Å². The van der Waals surface area contributed by atoms with Gasteiger partial charge in [0.25, 0.3) is 5.91 Å². The van der Waals surface area contributed by atoms with E-state index < -0.39 is 5.91 Å². The molecule has 0 aliphatic heterocycles. The molecule has 1 heterocycles. The van der Waals surface area contributed by atoms with Crippen molar-refractivity contribution in [3.05, 3.63) is 59.4 Å². The van der Waals surface area contributed by atoms with Crippen LogP contribution in [0, 0.1) is 23.2 Å². The predicted octanol–water partition coefficient (Wildman–Crippen LogP) is 1.55. The summed E-state index contributed by atoms with van der Waals surface area (Å²) in [7, 11) is 0. The maximum atomic E-state index is 12.1.